The first-order chi connectivity index (χ1) is 14.1. The first kappa shape index (κ1) is 19.4. The van der Waals surface area contributed by atoms with Crippen molar-refractivity contribution in [2.75, 3.05) is 14.2 Å². The highest BCUT2D eigenvalue weighted by Crippen LogP contribution is 2.33. The van der Waals surface area contributed by atoms with Crippen molar-refractivity contribution in [1.82, 2.24) is 0 Å². The Kier molecular flexibility index (Phi) is 5.47. The Bertz CT molecular complexity index is 1260. The number of halogens is 2. The van der Waals surface area contributed by atoms with Crippen molar-refractivity contribution in [3.05, 3.63) is 82.1 Å². The van der Waals surface area contributed by atoms with Gasteiger partial charge in [-0.3, -0.25) is 0 Å². The van der Waals surface area contributed by atoms with Crippen molar-refractivity contribution in [3.8, 4) is 22.8 Å². The zero-order valence-electron chi connectivity index (χ0n) is 15.8. The normalized spacial score (nSPS) is 11.7. The summed E-state index contributed by atoms with van der Waals surface area (Å²) in [4.78, 5) is 4.77. The fourth-order valence-electron chi connectivity index (χ4n) is 3.04. The average molecular weight is 426 g/mol. The van der Waals surface area contributed by atoms with Crippen LogP contribution in [0.3, 0.4) is 0 Å². The van der Waals surface area contributed by atoms with Crippen LogP contribution in [-0.2, 0) is 0 Å². The molecule has 0 unspecified atom stereocenters. The van der Waals surface area contributed by atoms with Gasteiger partial charge in [-0.2, -0.15) is 0 Å². The van der Waals surface area contributed by atoms with Crippen LogP contribution >= 0.6 is 23.2 Å². The number of rotatable bonds is 4. The van der Waals surface area contributed by atoms with Gasteiger partial charge in [-0.15, -0.1) is 0 Å². The predicted octanol–water partition coefficient (Wildman–Crippen LogP) is 6.66. The third-order valence-corrected chi connectivity index (χ3v) is 5.21. The van der Waals surface area contributed by atoms with Crippen molar-refractivity contribution >= 4 is 39.9 Å². The third-order valence-electron chi connectivity index (χ3n) is 4.47. The Balaban J connectivity index is 1.94. The summed E-state index contributed by atoms with van der Waals surface area (Å²) in [6, 6.07) is 20.6. The zero-order chi connectivity index (χ0) is 20.4. The number of nitrogens with zero attached hydrogens (tertiary/aromatic N) is 1. The summed E-state index contributed by atoms with van der Waals surface area (Å²) in [5.74, 6) is 1.93. The molecule has 4 aromatic rings. The van der Waals surface area contributed by atoms with Crippen LogP contribution in [0.4, 0.5) is 5.69 Å². The second-order valence-corrected chi connectivity index (χ2v) is 7.09. The van der Waals surface area contributed by atoms with Gasteiger partial charge in [0.05, 0.1) is 35.3 Å². The maximum Gasteiger partial charge on any atom is 0.161 e. The Hall–Kier alpha value is -2.95. The molecule has 3 aromatic carbocycles. The quantitative estimate of drug-likeness (QED) is 0.367. The Labute approximate surface area is 177 Å². The summed E-state index contributed by atoms with van der Waals surface area (Å²) in [6.07, 6.45) is 0. The van der Waals surface area contributed by atoms with E-state index in [1.54, 1.807) is 26.4 Å². The standard InChI is InChI=1S/C23H17Cl2NO3/c1-27-21-10-7-14(11-23(21)28-2)22-13-19(16-5-3-4-6-20(16)29-22)26-15-8-9-17(24)18(25)12-15/h3-13H,1-2H3. The number of hydrogen-bond acceptors (Lipinski definition) is 4. The smallest absolute Gasteiger partial charge is 0.161 e. The van der Waals surface area contributed by atoms with Crippen molar-refractivity contribution in [3.63, 3.8) is 0 Å². The average Bonchev–Trinajstić information content (AvgIpc) is 2.75. The molecule has 1 heterocycles. The molecule has 1 aromatic heterocycles. The fraction of sp³-hybridized carbons (Fsp3) is 0.0870. The molecule has 29 heavy (non-hydrogen) atoms. The van der Waals surface area contributed by atoms with E-state index in [2.05, 4.69) is 0 Å². The SMILES string of the molecule is COc1ccc(-c2cc(=Nc3ccc(Cl)c(Cl)c3)c3ccccc3o2)cc1OC. The van der Waals surface area contributed by atoms with Crippen molar-refractivity contribution in [1.29, 1.82) is 0 Å². The first-order valence-electron chi connectivity index (χ1n) is 8.84. The summed E-state index contributed by atoms with van der Waals surface area (Å²) in [7, 11) is 3.20. The molecule has 0 saturated carbocycles. The highest BCUT2D eigenvalue weighted by atomic mass is 35.5. The molecule has 146 valence electrons. The number of para-hydroxylation sites is 1. The zero-order valence-corrected chi connectivity index (χ0v) is 17.3. The Morgan fingerprint density at radius 2 is 1.59 bits per heavy atom. The summed E-state index contributed by atoms with van der Waals surface area (Å²) < 4.78 is 16.9. The molecule has 0 aliphatic heterocycles. The van der Waals surface area contributed by atoms with E-state index in [0.29, 0.717) is 33.0 Å². The maximum atomic E-state index is 6.15. The van der Waals surface area contributed by atoms with Crippen molar-refractivity contribution in [2.45, 2.75) is 0 Å². The van der Waals surface area contributed by atoms with Crippen LogP contribution in [-0.4, -0.2) is 14.2 Å². The molecule has 0 radical (unpaired) electrons. The van der Waals surface area contributed by atoms with Gasteiger partial charge in [0.2, 0.25) is 0 Å². The molecule has 0 bridgehead atoms. The van der Waals surface area contributed by atoms with Crippen LogP contribution in [0, 0.1) is 0 Å². The monoisotopic (exact) mass is 425 g/mol. The number of methoxy groups -OCH3 is 2. The molecule has 6 heteroatoms. The van der Waals surface area contributed by atoms with E-state index in [0.717, 1.165) is 21.9 Å². The Morgan fingerprint density at radius 3 is 2.34 bits per heavy atom. The number of benzene rings is 3. The van der Waals surface area contributed by atoms with Gasteiger partial charge in [0, 0.05) is 17.0 Å². The molecular formula is C23H17Cl2NO3. The molecule has 0 N–H and O–H groups in total. The minimum atomic E-state index is 0.456. The van der Waals surface area contributed by atoms with Crippen molar-refractivity contribution in [2.24, 2.45) is 4.99 Å². The molecule has 0 amide bonds. The minimum Gasteiger partial charge on any atom is -0.493 e. The van der Waals surface area contributed by atoms with E-state index in [1.807, 2.05) is 54.6 Å². The lowest BCUT2D eigenvalue weighted by Crippen LogP contribution is -2.03. The van der Waals surface area contributed by atoms with E-state index >= 15 is 0 Å². The van der Waals surface area contributed by atoms with Gasteiger partial charge in [0.25, 0.3) is 0 Å². The topological polar surface area (TPSA) is 44.0 Å². The minimum absolute atomic E-state index is 0.456. The van der Waals surface area contributed by atoms with Gasteiger partial charge in [0.1, 0.15) is 11.3 Å². The highest BCUT2D eigenvalue weighted by molar-refractivity contribution is 6.42. The second-order valence-electron chi connectivity index (χ2n) is 6.27. The number of fused-ring (bicyclic) bond motifs is 1. The number of hydrogen-bond donors (Lipinski definition) is 0. The van der Waals surface area contributed by atoms with E-state index in [1.165, 1.54) is 0 Å². The fourth-order valence-corrected chi connectivity index (χ4v) is 3.33. The molecule has 4 rings (SSSR count). The molecular weight excluding hydrogens is 409 g/mol. The van der Waals surface area contributed by atoms with Crippen LogP contribution in [0.1, 0.15) is 0 Å². The lowest BCUT2D eigenvalue weighted by molar-refractivity contribution is 0.355. The van der Waals surface area contributed by atoms with Gasteiger partial charge in [-0.1, -0.05) is 35.3 Å². The summed E-state index contributed by atoms with van der Waals surface area (Å²) in [5.41, 5.74) is 2.27. The molecule has 0 saturated heterocycles. The van der Waals surface area contributed by atoms with Crippen LogP contribution in [0.25, 0.3) is 22.3 Å². The van der Waals surface area contributed by atoms with Crippen LogP contribution in [0.2, 0.25) is 10.0 Å². The third kappa shape index (κ3) is 3.95. The lowest BCUT2D eigenvalue weighted by Gasteiger charge is -2.10. The molecule has 0 aliphatic carbocycles. The summed E-state index contributed by atoms with van der Waals surface area (Å²) in [6.45, 7) is 0. The molecule has 0 aliphatic rings. The highest BCUT2D eigenvalue weighted by Gasteiger charge is 2.10. The predicted molar refractivity (Wildman–Crippen MR) is 116 cm³/mol. The summed E-state index contributed by atoms with van der Waals surface area (Å²) in [5, 5.41) is 2.60. The van der Waals surface area contributed by atoms with Crippen LogP contribution < -0.4 is 14.8 Å². The number of ether oxygens (including phenoxy) is 2. The van der Waals surface area contributed by atoms with E-state index < -0.39 is 0 Å². The van der Waals surface area contributed by atoms with E-state index in [9.17, 15) is 0 Å². The van der Waals surface area contributed by atoms with Gasteiger partial charge >= 0.3 is 0 Å². The largest absolute Gasteiger partial charge is 0.493 e. The van der Waals surface area contributed by atoms with E-state index in [4.69, 9.17) is 42.1 Å². The van der Waals surface area contributed by atoms with Gasteiger partial charge in [-0.05, 0) is 48.5 Å². The summed E-state index contributed by atoms with van der Waals surface area (Å²) >= 11 is 12.2. The van der Waals surface area contributed by atoms with Crippen molar-refractivity contribution < 1.29 is 13.9 Å². The molecule has 0 spiro atoms. The lowest BCUT2D eigenvalue weighted by atomic mass is 10.1. The van der Waals surface area contributed by atoms with Crippen LogP contribution in [0.15, 0.2) is 76.1 Å². The molecule has 0 fully saturated rings. The maximum absolute atomic E-state index is 6.15. The second kappa shape index (κ2) is 8.19. The van der Waals surface area contributed by atoms with Crippen LogP contribution in [0.5, 0.6) is 11.5 Å². The molecule has 0 atom stereocenters. The molecule has 4 nitrogen and oxygen atoms in total. The van der Waals surface area contributed by atoms with Gasteiger partial charge in [0.15, 0.2) is 11.5 Å². The van der Waals surface area contributed by atoms with Gasteiger partial charge < -0.3 is 13.9 Å². The van der Waals surface area contributed by atoms with E-state index in [-0.39, 0.29) is 0 Å². The first-order valence-corrected chi connectivity index (χ1v) is 9.59. The Morgan fingerprint density at radius 1 is 0.793 bits per heavy atom. The van der Waals surface area contributed by atoms with Gasteiger partial charge in [-0.25, -0.2) is 4.99 Å².